The first-order valence-electron chi connectivity index (χ1n) is 4.81. The Bertz CT molecular complexity index is 479. The van der Waals surface area contributed by atoms with Gasteiger partial charge in [0.1, 0.15) is 5.82 Å². The number of nitrogens with zero attached hydrogens (tertiary/aromatic N) is 2. The maximum Gasteiger partial charge on any atom is 0.137 e. The van der Waals surface area contributed by atoms with E-state index in [-0.39, 0.29) is 5.92 Å². The van der Waals surface area contributed by atoms with Gasteiger partial charge in [0.25, 0.3) is 0 Å². The van der Waals surface area contributed by atoms with Crippen LogP contribution in [0.2, 0.25) is 0 Å². The molecule has 15 heavy (non-hydrogen) atoms. The van der Waals surface area contributed by atoms with Crippen molar-refractivity contribution in [2.24, 2.45) is 0 Å². The average Bonchev–Trinajstić information content (AvgIpc) is 2.78. The molecule has 0 bridgehead atoms. The number of aromatic nitrogens is 2. The molecular formula is C12H11N3. The van der Waals surface area contributed by atoms with Gasteiger partial charge in [0.2, 0.25) is 0 Å². The van der Waals surface area contributed by atoms with Crippen LogP contribution in [0.1, 0.15) is 18.5 Å². The molecular weight excluding hydrogens is 186 g/mol. The minimum atomic E-state index is -0.168. The molecule has 2 aromatic rings. The van der Waals surface area contributed by atoms with Gasteiger partial charge >= 0.3 is 0 Å². The van der Waals surface area contributed by atoms with E-state index in [1.807, 2.05) is 37.3 Å². The Morgan fingerprint density at radius 1 is 1.33 bits per heavy atom. The highest BCUT2D eigenvalue weighted by atomic mass is 14.9. The summed E-state index contributed by atoms with van der Waals surface area (Å²) in [5.74, 6) is 0.645. The van der Waals surface area contributed by atoms with Crippen LogP contribution in [0.15, 0.2) is 36.5 Å². The molecule has 1 atom stereocenters. The molecule has 1 aromatic carbocycles. The molecule has 1 unspecified atom stereocenters. The van der Waals surface area contributed by atoms with Crippen molar-refractivity contribution in [2.75, 3.05) is 0 Å². The zero-order valence-electron chi connectivity index (χ0n) is 8.44. The molecule has 0 spiro atoms. The van der Waals surface area contributed by atoms with E-state index in [2.05, 4.69) is 16.0 Å². The summed E-state index contributed by atoms with van der Waals surface area (Å²) in [6, 6.07) is 12.0. The van der Waals surface area contributed by atoms with E-state index in [0.29, 0.717) is 0 Å². The minimum Gasteiger partial charge on any atom is -0.344 e. The molecule has 0 fully saturated rings. The van der Waals surface area contributed by atoms with Gasteiger partial charge in [-0.15, -0.1) is 0 Å². The highest BCUT2D eigenvalue weighted by Gasteiger charge is 2.08. The van der Waals surface area contributed by atoms with Crippen LogP contribution in [0.5, 0.6) is 0 Å². The van der Waals surface area contributed by atoms with Crippen molar-refractivity contribution in [3.05, 3.63) is 42.2 Å². The van der Waals surface area contributed by atoms with Crippen molar-refractivity contribution in [3.8, 4) is 17.5 Å². The number of hydrogen-bond donors (Lipinski definition) is 1. The summed E-state index contributed by atoms with van der Waals surface area (Å²) in [5, 5.41) is 8.76. The quantitative estimate of drug-likeness (QED) is 0.804. The zero-order valence-corrected chi connectivity index (χ0v) is 8.44. The first kappa shape index (κ1) is 9.47. The SMILES string of the molecule is CC(C#N)c1c[nH]c(-c2ccccc2)n1. The molecule has 74 valence electrons. The van der Waals surface area contributed by atoms with Crippen molar-refractivity contribution in [2.45, 2.75) is 12.8 Å². The van der Waals surface area contributed by atoms with Crippen LogP contribution in [-0.2, 0) is 0 Å². The molecule has 0 saturated carbocycles. The number of benzene rings is 1. The Balaban J connectivity index is 2.33. The number of aromatic amines is 1. The van der Waals surface area contributed by atoms with Gasteiger partial charge in [0.05, 0.1) is 17.7 Å². The molecule has 3 heteroatoms. The highest BCUT2D eigenvalue weighted by molar-refractivity contribution is 5.54. The number of rotatable bonds is 2. The third kappa shape index (κ3) is 1.89. The summed E-state index contributed by atoms with van der Waals surface area (Å²) >= 11 is 0. The van der Waals surface area contributed by atoms with Crippen LogP contribution in [0.3, 0.4) is 0 Å². The van der Waals surface area contributed by atoms with Gasteiger partial charge in [-0.1, -0.05) is 30.3 Å². The molecule has 0 aliphatic rings. The molecule has 0 aliphatic carbocycles. The van der Waals surface area contributed by atoms with Crippen molar-refractivity contribution in [1.82, 2.24) is 9.97 Å². The number of hydrogen-bond acceptors (Lipinski definition) is 2. The Kier molecular flexibility index (Phi) is 2.51. The number of nitrogens with one attached hydrogen (secondary N) is 1. The van der Waals surface area contributed by atoms with Crippen molar-refractivity contribution in [3.63, 3.8) is 0 Å². The molecule has 1 N–H and O–H groups in total. The van der Waals surface area contributed by atoms with Crippen molar-refractivity contribution >= 4 is 0 Å². The average molecular weight is 197 g/mol. The summed E-state index contributed by atoms with van der Waals surface area (Å²) < 4.78 is 0. The van der Waals surface area contributed by atoms with Crippen LogP contribution in [0.25, 0.3) is 11.4 Å². The Morgan fingerprint density at radius 3 is 2.73 bits per heavy atom. The van der Waals surface area contributed by atoms with Crippen LogP contribution < -0.4 is 0 Å². The largest absolute Gasteiger partial charge is 0.344 e. The smallest absolute Gasteiger partial charge is 0.137 e. The fourth-order valence-corrected chi connectivity index (χ4v) is 1.37. The van der Waals surface area contributed by atoms with E-state index in [4.69, 9.17) is 5.26 Å². The maximum absolute atomic E-state index is 8.76. The third-order valence-corrected chi connectivity index (χ3v) is 2.28. The first-order chi connectivity index (χ1) is 7.31. The van der Waals surface area contributed by atoms with Crippen LogP contribution in [0, 0.1) is 11.3 Å². The molecule has 3 nitrogen and oxygen atoms in total. The minimum absolute atomic E-state index is 0.168. The molecule has 1 aromatic heterocycles. The fourth-order valence-electron chi connectivity index (χ4n) is 1.37. The third-order valence-electron chi connectivity index (χ3n) is 2.28. The second-order valence-electron chi connectivity index (χ2n) is 3.39. The van der Waals surface area contributed by atoms with Crippen LogP contribution in [-0.4, -0.2) is 9.97 Å². The lowest BCUT2D eigenvalue weighted by molar-refractivity contribution is 0.936. The highest BCUT2D eigenvalue weighted by Crippen LogP contribution is 2.18. The predicted octanol–water partition coefficient (Wildman–Crippen LogP) is 2.70. The van der Waals surface area contributed by atoms with Gasteiger partial charge in [0, 0.05) is 11.8 Å². The van der Waals surface area contributed by atoms with Crippen molar-refractivity contribution < 1.29 is 0 Å². The second kappa shape index (κ2) is 3.97. The molecule has 2 rings (SSSR count). The van der Waals surface area contributed by atoms with Crippen molar-refractivity contribution in [1.29, 1.82) is 5.26 Å². The topological polar surface area (TPSA) is 52.5 Å². The Hall–Kier alpha value is -2.08. The Labute approximate surface area is 88.4 Å². The molecule has 0 aliphatic heterocycles. The summed E-state index contributed by atoms with van der Waals surface area (Å²) in [6.07, 6.45) is 1.79. The maximum atomic E-state index is 8.76. The first-order valence-corrected chi connectivity index (χ1v) is 4.81. The van der Waals surface area contributed by atoms with Gasteiger partial charge in [-0.25, -0.2) is 4.98 Å². The normalized spacial score (nSPS) is 12.0. The summed E-state index contributed by atoms with van der Waals surface area (Å²) in [5.41, 5.74) is 1.82. The van der Waals surface area contributed by atoms with Gasteiger partial charge in [-0.05, 0) is 6.92 Å². The van der Waals surface area contributed by atoms with Crippen LogP contribution in [0.4, 0.5) is 0 Å². The molecule has 0 radical (unpaired) electrons. The van der Waals surface area contributed by atoms with Gasteiger partial charge in [-0.2, -0.15) is 5.26 Å². The van der Waals surface area contributed by atoms with E-state index >= 15 is 0 Å². The molecule has 0 amide bonds. The number of imidazole rings is 1. The predicted molar refractivity (Wildman–Crippen MR) is 58.1 cm³/mol. The zero-order chi connectivity index (χ0) is 10.7. The van der Waals surface area contributed by atoms with E-state index in [1.165, 1.54) is 0 Å². The monoisotopic (exact) mass is 197 g/mol. The standard InChI is InChI=1S/C12H11N3/c1-9(7-13)11-8-14-12(15-11)10-5-3-2-4-6-10/h2-6,8-9H,1H3,(H,14,15). The van der Waals surface area contributed by atoms with E-state index in [0.717, 1.165) is 17.1 Å². The summed E-state index contributed by atoms with van der Waals surface area (Å²) in [6.45, 7) is 1.84. The van der Waals surface area contributed by atoms with Gasteiger partial charge < -0.3 is 4.98 Å². The summed E-state index contributed by atoms with van der Waals surface area (Å²) in [4.78, 5) is 7.45. The summed E-state index contributed by atoms with van der Waals surface area (Å²) in [7, 11) is 0. The van der Waals surface area contributed by atoms with Crippen LogP contribution >= 0.6 is 0 Å². The van der Waals surface area contributed by atoms with E-state index in [9.17, 15) is 0 Å². The Morgan fingerprint density at radius 2 is 2.07 bits per heavy atom. The molecule has 1 heterocycles. The molecule has 0 saturated heterocycles. The van der Waals surface area contributed by atoms with Gasteiger partial charge in [0.15, 0.2) is 0 Å². The van der Waals surface area contributed by atoms with Gasteiger partial charge in [-0.3, -0.25) is 0 Å². The fraction of sp³-hybridized carbons (Fsp3) is 0.167. The number of H-pyrrole nitrogens is 1. The lowest BCUT2D eigenvalue weighted by Gasteiger charge is -1.95. The lowest BCUT2D eigenvalue weighted by atomic mass is 10.1. The van der Waals surface area contributed by atoms with E-state index in [1.54, 1.807) is 6.20 Å². The lowest BCUT2D eigenvalue weighted by Crippen LogP contribution is -1.88. The van der Waals surface area contributed by atoms with E-state index < -0.39 is 0 Å². The number of nitriles is 1. The second-order valence-corrected chi connectivity index (χ2v) is 3.39.